The molecule has 2 fully saturated rings. The molecule has 4 heteroatoms. The second-order valence-electron chi connectivity index (χ2n) is 8.50. The summed E-state index contributed by atoms with van der Waals surface area (Å²) in [6.07, 6.45) is 5.78. The molecular formula is C24H34N4. The summed E-state index contributed by atoms with van der Waals surface area (Å²) in [7, 11) is 0. The monoisotopic (exact) mass is 378 g/mol. The van der Waals surface area contributed by atoms with Crippen LogP contribution in [-0.4, -0.2) is 60.1 Å². The van der Waals surface area contributed by atoms with Gasteiger partial charge in [0.15, 0.2) is 0 Å². The first-order chi connectivity index (χ1) is 13.7. The highest BCUT2D eigenvalue weighted by molar-refractivity contribution is 5.40. The average molecular weight is 379 g/mol. The fourth-order valence-electron chi connectivity index (χ4n) is 4.70. The van der Waals surface area contributed by atoms with Crippen LogP contribution in [0.1, 0.15) is 36.0 Å². The Kier molecular flexibility index (Phi) is 6.28. The van der Waals surface area contributed by atoms with Gasteiger partial charge in [-0.3, -0.25) is 9.80 Å². The van der Waals surface area contributed by atoms with Gasteiger partial charge < -0.3 is 4.90 Å². The highest BCUT2D eigenvalue weighted by Gasteiger charge is 2.26. The van der Waals surface area contributed by atoms with Gasteiger partial charge in [-0.15, -0.1) is 0 Å². The molecule has 150 valence electrons. The van der Waals surface area contributed by atoms with Crippen molar-refractivity contribution in [2.75, 3.05) is 44.2 Å². The number of rotatable bonds is 4. The number of likely N-dealkylation sites (tertiary alicyclic amines) is 1. The molecule has 0 aliphatic carbocycles. The third-order valence-electron chi connectivity index (χ3n) is 6.48. The number of nitrogens with zero attached hydrogens (tertiary/aromatic N) is 4. The van der Waals surface area contributed by atoms with Crippen molar-refractivity contribution in [3.05, 3.63) is 59.3 Å². The van der Waals surface area contributed by atoms with Gasteiger partial charge in [-0.05, 0) is 75.0 Å². The van der Waals surface area contributed by atoms with Crippen molar-refractivity contribution in [3.8, 4) is 0 Å². The van der Waals surface area contributed by atoms with Crippen LogP contribution in [0.5, 0.6) is 0 Å². The minimum absolute atomic E-state index is 0.749. The average Bonchev–Trinajstić information content (AvgIpc) is 2.97. The highest BCUT2D eigenvalue weighted by Crippen LogP contribution is 2.22. The molecule has 3 heterocycles. The van der Waals surface area contributed by atoms with Crippen molar-refractivity contribution in [2.45, 2.75) is 45.7 Å². The third kappa shape index (κ3) is 4.73. The van der Waals surface area contributed by atoms with E-state index < -0.39 is 0 Å². The Bertz CT molecular complexity index is 767. The van der Waals surface area contributed by atoms with Crippen LogP contribution in [0.3, 0.4) is 0 Å². The van der Waals surface area contributed by atoms with Crippen molar-refractivity contribution in [1.82, 2.24) is 14.8 Å². The summed E-state index contributed by atoms with van der Waals surface area (Å²) < 4.78 is 0. The maximum absolute atomic E-state index is 4.60. The lowest BCUT2D eigenvalue weighted by atomic mass is 10.0. The van der Waals surface area contributed by atoms with Crippen LogP contribution in [0.4, 0.5) is 5.82 Å². The van der Waals surface area contributed by atoms with E-state index in [4.69, 9.17) is 0 Å². The number of piperidine rings is 1. The minimum atomic E-state index is 0.749. The Hall–Kier alpha value is -1.91. The third-order valence-corrected chi connectivity index (χ3v) is 6.48. The molecule has 0 amide bonds. The van der Waals surface area contributed by atoms with E-state index in [1.54, 1.807) is 0 Å². The van der Waals surface area contributed by atoms with Gasteiger partial charge in [0.05, 0.1) is 0 Å². The van der Waals surface area contributed by atoms with Crippen LogP contribution < -0.4 is 4.90 Å². The first kappa shape index (κ1) is 19.4. The van der Waals surface area contributed by atoms with E-state index in [0.29, 0.717) is 0 Å². The van der Waals surface area contributed by atoms with E-state index >= 15 is 0 Å². The van der Waals surface area contributed by atoms with Crippen molar-refractivity contribution < 1.29 is 0 Å². The summed E-state index contributed by atoms with van der Waals surface area (Å²) in [6.45, 7) is 12.5. The van der Waals surface area contributed by atoms with Crippen LogP contribution in [-0.2, 0) is 6.54 Å². The van der Waals surface area contributed by atoms with Crippen molar-refractivity contribution in [1.29, 1.82) is 0 Å². The maximum atomic E-state index is 4.60. The summed E-state index contributed by atoms with van der Waals surface area (Å²) in [6, 6.07) is 13.9. The van der Waals surface area contributed by atoms with Gasteiger partial charge in [0.2, 0.25) is 0 Å². The lowest BCUT2D eigenvalue weighted by Crippen LogP contribution is -2.46. The van der Waals surface area contributed by atoms with Gasteiger partial charge in [-0.25, -0.2) is 4.98 Å². The maximum Gasteiger partial charge on any atom is 0.128 e. The molecular weight excluding hydrogens is 344 g/mol. The molecule has 28 heavy (non-hydrogen) atoms. The first-order valence-corrected chi connectivity index (χ1v) is 10.9. The largest absolute Gasteiger partial charge is 0.355 e. The number of hydrogen-bond donors (Lipinski definition) is 0. The fourth-order valence-corrected chi connectivity index (χ4v) is 4.70. The lowest BCUT2D eigenvalue weighted by Gasteiger charge is -2.38. The zero-order valence-electron chi connectivity index (χ0n) is 17.5. The van der Waals surface area contributed by atoms with Gasteiger partial charge >= 0.3 is 0 Å². The molecule has 2 aliphatic heterocycles. The van der Waals surface area contributed by atoms with Gasteiger partial charge in [0, 0.05) is 45.0 Å². The van der Waals surface area contributed by atoms with E-state index in [9.17, 15) is 0 Å². The Morgan fingerprint density at radius 1 is 0.929 bits per heavy atom. The summed E-state index contributed by atoms with van der Waals surface area (Å²) in [5, 5.41) is 0. The number of hydrogen-bond acceptors (Lipinski definition) is 4. The van der Waals surface area contributed by atoms with Crippen LogP contribution in [0, 0.1) is 13.8 Å². The number of pyridine rings is 1. The van der Waals surface area contributed by atoms with Crippen molar-refractivity contribution in [2.24, 2.45) is 0 Å². The molecule has 0 spiro atoms. The van der Waals surface area contributed by atoms with E-state index in [0.717, 1.165) is 38.0 Å². The fraction of sp³-hybridized carbons (Fsp3) is 0.542. The normalized spacial score (nSPS) is 20.3. The highest BCUT2D eigenvalue weighted by atomic mass is 15.3. The summed E-state index contributed by atoms with van der Waals surface area (Å²) in [5.74, 6) is 1.15. The number of aromatic nitrogens is 1. The van der Waals surface area contributed by atoms with Gasteiger partial charge in [-0.2, -0.15) is 0 Å². The Morgan fingerprint density at radius 2 is 1.75 bits per heavy atom. The molecule has 1 aromatic carbocycles. The van der Waals surface area contributed by atoms with Crippen molar-refractivity contribution >= 4 is 5.82 Å². The number of anilines is 1. The quantitative estimate of drug-likeness (QED) is 0.805. The molecule has 0 bridgehead atoms. The minimum Gasteiger partial charge on any atom is -0.355 e. The molecule has 0 radical (unpaired) electrons. The van der Waals surface area contributed by atoms with E-state index in [1.807, 2.05) is 6.20 Å². The Labute approximate surface area is 170 Å². The number of benzene rings is 1. The second-order valence-corrected chi connectivity index (χ2v) is 8.50. The van der Waals surface area contributed by atoms with Crippen molar-refractivity contribution in [3.63, 3.8) is 0 Å². The summed E-state index contributed by atoms with van der Waals surface area (Å²) >= 11 is 0. The summed E-state index contributed by atoms with van der Waals surface area (Å²) in [4.78, 5) is 12.5. The van der Waals surface area contributed by atoms with Gasteiger partial charge in [0.25, 0.3) is 0 Å². The van der Waals surface area contributed by atoms with Gasteiger partial charge in [0.1, 0.15) is 5.82 Å². The Morgan fingerprint density at radius 3 is 2.54 bits per heavy atom. The van der Waals surface area contributed by atoms with Crippen LogP contribution in [0.25, 0.3) is 0 Å². The SMILES string of the molecule is Cc1ccnc(N2CCCN(C3CCN(Cc4ccccc4C)CC3)CC2)c1. The molecule has 0 atom stereocenters. The molecule has 0 saturated carbocycles. The predicted molar refractivity (Wildman–Crippen MR) is 117 cm³/mol. The molecule has 4 nitrogen and oxygen atoms in total. The van der Waals surface area contributed by atoms with Gasteiger partial charge in [-0.1, -0.05) is 24.3 Å². The van der Waals surface area contributed by atoms with E-state index in [1.165, 1.54) is 55.6 Å². The molecule has 2 aromatic rings. The van der Waals surface area contributed by atoms with E-state index in [-0.39, 0.29) is 0 Å². The number of aryl methyl sites for hydroxylation is 2. The summed E-state index contributed by atoms with van der Waals surface area (Å²) in [5.41, 5.74) is 4.20. The van der Waals surface area contributed by atoms with Crippen LogP contribution in [0.2, 0.25) is 0 Å². The standard InChI is InChI=1S/C24H34N4/c1-20-8-11-25-24(18-20)28-13-5-12-27(16-17-28)23-9-14-26(15-10-23)19-22-7-4-3-6-21(22)2/h3-4,6-8,11,18,23H,5,9-10,12-17,19H2,1-2H3. The second kappa shape index (κ2) is 9.06. The predicted octanol–water partition coefficient (Wildman–Crippen LogP) is 3.88. The zero-order chi connectivity index (χ0) is 19.3. The topological polar surface area (TPSA) is 22.6 Å². The van der Waals surface area contributed by atoms with Crippen LogP contribution in [0.15, 0.2) is 42.6 Å². The molecule has 2 aliphatic rings. The molecule has 0 unspecified atom stereocenters. The lowest BCUT2D eigenvalue weighted by molar-refractivity contribution is 0.110. The zero-order valence-corrected chi connectivity index (χ0v) is 17.5. The van der Waals surface area contributed by atoms with E-state index in [2.05, 4.69) is 69.9 Å². The molecule has 2 saturated heterocycles. The molecule has 4 rings (SSSR count). The van der Waals surface area contributed by atoms with Crippen LogP contribution >= 0.6 is 0 Å². The smallest absolute Gasteiger partial charge is 0.128 e. The first-order valence-electron chi connectivity index (χ1n) is 10.9. The Balaban J connectivity index is 1.28. The molecule has 0 N–H and O–H groups in total. The molecule has 1 aromatic heterocycles.